The lowest BCUT2D eigenvalue weighted by Gasteiger charge is -2.12. The molecule has 1 unspecified atom stereocenters. The molecule has 2 N–H and O–H groups in total. The molecule has 0 aliphatic carbocycles. The number of hydrogen-bond donors (Lipinski definition) is 2. The molecule has 0 radical (unpaired) electrons. The van der Waals surface area contributed by atoms with E-state index in [1.165, 1.54) is 19.3 Å². The molecule has 0 aromatic carbocycles. The van der Waals surface area contributed by atoms with Crippen molar-refractivity contribution in [1.82, 2.24) is 10.6 Å². The number of amides is 1. The maximum Gasteiger partial charge on any atom is 0.233 e. The summed E-state index contributed by atoms with van der Waals surface area (Å²) in [5.74, 6) is 0.0577. The second kappa shape index (κ2) is 8.05. The zero-order valence-corrected chi connectivity index (χ0v) is 9.02. The maximum absolute atomic E-state index is 10.9. The van der Waals surface area contributed by atoms with E-state index in [1.54, 1.807) is 7.05 Å². The standard InChI is InChI=1S/C10H22N2O/c1-4-5-6-7-9(2)12-8-10(13)11-3/h9,12H,4-8H2,1-3H3,(H,11,13). The first-order chi connectivity index (χ1) is 6.20. The van der Waals surface area contributed by atoms with Gasteiger partial charge in [0.1, 0.15) is 0 Å². The van der Waals surface area contributed by atoms with E-state index in [0.29, 0.717) is 12.6 Å². The van der Waals surface area contributed by atoms with Crippen LogP contribution in [0.3, 0.4) is 0 Å². The topological polar surface area (TPSA) is 41.1 Å². The minimum Gasteiger partial charge on any atom is -0.358 e. The summed E-state index contributed by atoms with van der Waals surface area (Å²) in [5, 5.41) is 5.77. The Morgan fingerprint density at radius 1 is 1.38 bits per heavy atom. The van der Waals surface area contributed by atoms with Gasteiger partial charge in [0.2, 0.25) is 5.91 Å². The van der Waals surface area contributed by atoms with E-state index >= 15 is 0 Å². The first kappa shape index (κ1) is 12.4. The molecule has 0 heterocycles. The Kier molecular flexibility index (Phi) is 7.69. The van der Waals surface area contributed by atoms with Gasteiger partial charge in [0, 0.05) is 13.1 Å². The second-order valence-electron chi connectivity index (χ2n) is 3.45. The summed E-state index contributed by atoms with van der Waals surface area (Å²) in [6.07, 6.45) is 4.94. The molecular formula is C10H22N2O. The lowest BCUT2D eigenvalue weighted by molar-refractivity contribution is -0.119. The third-order valence-corrected chi connectivity index (χ3v) is 2.13. The second-order valence-corrected chi connectivity index (χ2v) is 3.45. The molecule has 0 aromatic rings. The van der Waals surface area contributed by atoms with Gasteiger partial charge >= 0.3 is 0 Å². The van der Waals surface area contributed by atoms with Crippen molar-refractivity contribution < 1.29 is 4.79 Å². The molecule has 0 saturated heterocycles. The predicted octanol–water partition coefficient (Wildman–Crippen LogP) is 1.29. The fourth-order valence-corrected chi connectivity index (χ4v) is 1.16. The molecule has 0 saturated carbocycles. The number of hydrogen-bond acceptors (Lipinski definition) is 2. The molecule has 3 nitrogen and oxygen atoms in total. The van der Waals surface area contributed by atoms with Crippen molar-refractivity contribution in [3.05, 3.63) is 0 Å². The molecule has 0 bridgehead atoms. The van der Waals surface area contributed by atoms with E-state index < -0.39 is 0 Å². The Bertz CT molecular complexity index is 137. The van der Waals surface area contributed by atoms with E-state index in [1.807, 2.05) is 0 Å². The summed E-state index contributed by atoms with van der Waals surface area (Å²) in [5.41, 5.74) is 0. The third-order valence-electron chi connectivity index (χ3n) is 2.13. The number of unbranched alkanes of at least 4 members (excludes halogenated alkanes) is 2. The highest BCUT2D eigenvalue weighted by atomic mass is 16.1. The molecule has 13 heavy (non-hydrogen) atoms. The summed E-state index contributed by atoms with van der Waals surface area (Å²) >= 11 is 0. The van der Waals surface area contributed by atoms with Crippen LogP contribution in [-0.4, -0.2) is 25.5 Å². The highest BCUT2D eigenvalue weighted by molar-refractivity contribution is 5.77. The summed E-state index contributed by atoms with van der Waals surface area (Å²) < 4.78 is 0. The average molecular weight is 186 g/mol. The Labute approximate surface area is 81.3 Å². The highest BCUT2D eigenvalue weighted by Crippen LogP contribution is 2.02. The molecule has 0 rings (SSSR count). The van der Waals surface area contributed by atoms with Crippen molar-refractivity contribution in [1.29, 1.82) is 0 Å². The third kappa shape index (κ3) is 7.78. The van der Waals surface area contributed by atoms with Crippen LogP contribution in [0.2, 0.25) is 0 Å². The Balaban J connectivity index is 3.29. The molecule has 78 valence electrons. The van der Waals surface area contributed by atoms with Crippen molar-refractivity contribution in [3.63, 3.8) is 0 Å². The average Bonchev–Trinajstić information content (AvgIpc) is 2.14. The fourth-order valence-electron chi connectivity index (χ4n) is 1.16. The molecule has 0 aromatic heterocycles. The van der Waals surface area contributed by atoms with Crippen molar-refractivity contribution in [2.24, 2.45) is 0 Å². The van der Waals surface area contributed by atoms with Gasteiger partial charge in [0.05, 0.1) is 6.54 Å². The Hall–Kier alpha value is -0.570. The van der Waals surface area contributed by atoms with Gasteiger partial charge in [-0.1, -0.05) is 26.2 Å². The van der Waals surface area contributed by atoms with Crippen molar-refractivity contribution in [3.8, 4) is 0 Å². The van der Waals surface area contributed by atoms with E-state index in [2.05, 4.69) is 24.5 Å². The number of carbonyl (C=O) groups is 1. The maximum atomic E-state index is 10.9. The zero-order valence-electron chi connectivity index (χ0n) is 9.02. The van der Waals surface area contributed by atoms with E-state index in [0.717, 1.165) is 6.42 Å². The molecule has 0 aliphatic rings. The smallest absolute Gasteiger partial charge is 0.233 e. The molecule has 3 heteroatoms. The molecule has 0 spiro atoms. The van der Waals surface area contributed by atoms with Gasteiger partial charge in [-0.25, -0.2) is 0 Å². The van der Waals surface area contributed by atoms with Crippen LogP contribution in [0, 0.1) is 0 Å². The first-order valence-corrected chi connectivity index (χ1v) is 5.14. The normalized spacial score (nSPS) is 12.5. The lowest BCUT2D eigenvalue weighted by atomic mass is 10.1. The zero-order chi connectivity index (χ0) is 10.1. The van der Waals surface area contributed by atoms with Gasteiger partial charge in [0.15, 0.2) is 0 Å². The monoisotopic (exact) mass is 186 g/mol. The summed E-state index contributed by atoms with van der Waals surface area (Å²) in [7, 11) is 1.66. The van der Waals surface area contributed by atoms with Crippen LogP contribution >= 0.6 is 0 Å². The molecule has 1 amide bonds. The predicted molar refractivity (Wildman–Crippen MR) is 55.7 cm³/mol. The Morgan fingerprint density at radius 2 is 2.08 bits per heavy atom. The van der Waals surface area contributed by atoms with Crippen molar-refractivity contribution in [2.75, 3.05) is 13.6 Å². The number of nitrogens with one attached hydrogen (secondary N) is 2. The summed E-state index contributed by atoms with van der Waals surface area (Å²) in [4.78, 5) is 10.9. The van der Waals surface area contributed by atoms with Crippen LogP contribution in [0.4, 0.5) is 0 Å². The van der Waals surface area contributed by atoms with Crippen LogP contribution in [0.25, 0.3) is 0 Å². The van der Waals surface area contributed by atoms with E-state index in [9.17, 15) is 4.79 Å². The van der Waals surface area contributed by atoms with Gasteiger partial charge in [-0.15, -0.1) is 0 Å². The van der Waals surface area contributed by atoms with Crippen LogP contribution in [-0.2, 0) is 4.79 Å². The molecule has 1 atom stereocenters. The molecule has 0 fully saturated rings. The van der Waals surface area contributed by atoms with Crippen molar-refractivity contribution >= 4 is 5.91 Å². The van der Waals surface area contributed by atoms with Gasteiger partial charge in [-0.2, -0.15) is 0 Å². The summed E-state index contributed by atoms with van der Waals surface area (Å²) in [6.45, 7) is 4.75. The number of likely N-dealkylation sites (N-methyl/N-ethyl adjacent to an activating group) is 1. The Morgan fingerprint density at radius 3 is 2.62 bits per heavy atom. The quantitative estimate of drug-likeness (QED) is 0.588. The van der Waals surface area contributed by atoms with Crippen LogP contribution in [0.1, 0.15) is 39.5 Å². The van der Waals surface area contributed by atoms with Gasteiger partial charge in [-0.3, -0.25) is 4.79 Å². The minimum absolute atomic E-state index is 0.0577. The van der Waals surface area contributed by atoms with E-state index in [4.69, 9.17) is 0 Å². The van der Waals surface area contributed by atoms with Crippen molar-refractivity contribution in [2.45, 2.75) is 45.6 Å². The van der Waals surface area contributed by atoms with Gasteiger partial charge in [0.25, 0.3) is 0 Å². The van der Waals surface area contributed by atoms with Crippen LogP contribution < -0.4 is 10.6 Å². The minimum atomic E-state index is 0.0577. The molecular weight excluding hydrogens is 164 g/mol. The first-order valence-electron chi connectivity index (χ1n) is 5.14. The van der Waals surface area contributed by atoms with Crippen LogP contribution in [0.5, 0.6) is 0 Å². The van der Waals surface area contributed by atoms with Crippen LogP contribution in [0.15, 0.2) is 0 Å². The number of rotatable bonds is 7. The van der Waals surface area contributed by atoms with Gasteiger partial charge < -0.3 is 10.6 Å². The van der Waals surface area contributed by atoms with Gasteiger partial charge in [-0.05, 0) is 13.3 Å². The lowest BCUT2D eigenvalue weighted by Crippen LogP contribution is -2.36. The fraction of sp³-hybridized carbons (Fsp3) is 0.900. The SMILES string of the molecule is CCCCCC(C)NCC(=O)NC. The number of carbonyl (C=O) groups excluding carboxylic acids is 1. The largest absolute Gasteiger partial charge is 0.358 e. The molecule has 0 aliphatic heterocycles. The highest BCUT2D eigenvalue weighted by Gasteiger charge is 2.02. The van der Waals surface area contributed by atoms with E-state index in [-0.39, 0.29) is 5.91 Å². The summed E-state index contributed by atoms with van der Waals surface area (Å²) in [6, 6.07) is 0.448.